The van der Waals surface area contributed by atoms with Gasteiger partial charge in [0.1, 0.15) is 0 Å². The third-order valence-corrected chi connectivity index (χ3v) is 3.42. The molecule has 4 unspecified atom stereocenters. The molecule has 17 heavy (non-hydrogen) atoms. The van der Waals surface area contributed by atoms with Crippen LogP contribution < -0.4 is 11.5 Å². The van der Waals surface area contributed by atoms with Crippen molar-refractivity contribution < 1.29 is 4.74 Å². The highest BCUT2D eigenvalue weighted by Crippen LogP contribution is 2.14. The van der Waals surface area contributed by atoms with Gasteiger partial charge >= 0.3 is 0 Å². The van der Waals surface area contributed by atoms with Crippen LogP contribution in [0.3, 0.4) is 0 Å². The third-order valence-electron chi connectivity index (χ3n) is 3.42. The molecule has 0 aromatic heterocycles. The fraction of sp³-hybridized carbons (Fsp3) is 1.00. The van der Waals surface area contributed by atoms with Crippen molar-refractivity contribution >= 4 is 0 Å². The Morgan fingerprint density at radius 2 is 1.59 bits per heavy atom. The average molecular weight is 244 g/mol. The van der Waals surface area contributed by atoms with E-state index in [1.165, 1.54) is 0 Å². The first-order valence-corrected chi connectivity index (χ1v) is 7.01. The Morgan fingerprint density at radius 3 is 2.00 bits per heavy atom. The van der Waals surface area contributed by atoms with Gasteiger partial charge in [-0.2, -0.15) is 0 Å². The number of rotatable bonds is 9. The molecule has 0 saturated heterocycles. The highest BCUT2D eigenvalue weighted by Gasteiger charge is 2.18. The lowest BCUT2D eigenvalue weighted by atomic mass is 9.93. The minimum absolute atomic E-state index is 0.223. The second-order valence-electron chi connectivity index (χ2n) is 5.72. The molecule has 3 heteroatoms. The molecular formula is C14H32N2O. The van der Waals surface area contributed by atoms with Crippen LogP contribution in [0.5, 0.6) is 0 Å². The van der Waals surface area contributed by atoms with E-state index in [0.717, 1.165) is 25.9 Å². The zero-order valence-electron chi connectivity index (χ0n) is 12.3. The molecule has 0 fully saturated rings. The van der Waals surface area contributed by atoms with Gasteiger partial charge in [0.05, 0.1) is 12.7 Å². The normalized spacial score (nSPS) is 19.1. The van der Waals surface area contributed by atoms with E-state index in [4.69, 9.17) is 16.2 Å². The highest BCUT2D eigenvalue weighted by molar-refractivity contribution is 4.72. The molecule has 0 aliphatic carbocycles. The van der Waals surface area contributed by atoms with Gasteiger partial charge < -0.3 is 16.2 Å². The molecule has 3 nitrogen and oxygen atoms in total. The van der Waals surface area contributed by atoms with Gasteiger partial charge in [0.15, 0.2) is 0 Å². The van der Waals surface area contributed by atoms with Crippen molar-refractivity contribution in [2.45, 2.75) is 72.1 Å². The molecule has 4 N–H and O–H groups in total. The summed E-state index contributed by atoms with van der Waals surface area (Å²) in [6.45, 7) is 11.5. The fourth-order valence-corrected chi connectivity index (χ4v) is 1.91. The zero-order valence-corrected chi connectivity index (χ0v) is 12.3. The van der Waals surface area contributed by atoms with Gasteiger partial charge in [-0.3, -0.25) is 0 Å². The van der Waals surface area contributed by atoms with Crippen LogP contribution in [0, 0.1) is 11.8 Å². The molecule has 0 bridgehead atoms. The molecule has 4 atom stereocenters. The number of ether oxygens (including phenoxy) is 1. The maximum atomic E-state index is 6.11. The van der Waals surface area contributed by atoms with Gasteiger partial charge in [0.2, 0.25) is 0 Å². The fourth-order valence-electron chi connectivity index (χ4n) is 1.91. The molecule has 0 saturated carbocycles. The van der Waals surface area contributed by atoms with Crippen molar-refractivity contribution in [3.63, 3.8) is 0 Å². The van der Waals surface area contributed by atoms with Crippen molar-refractivity contribution in [1.29, 1.82) is 0 Å². The maximum Gasteiger partial charge on any atom is 0.0573 e. The first kappa shape index (κ1) is 16.9. The van der Waals surface area contributed by atoms with Gasteiger partial charge in [0.25, 0.3) is 0 Å². The van der Waals surface area contributed by atoms with Crippen molar-refractivity contribution in [1.82, 2.24) is 0 Å². The Balaban J connectivity index is 3.89. The Morgan fingerprint density at radius 1 is 1.00 bits per heavy atom. The minimum atomic E-state index is 0.223. The van der Waals surface area contributed by atoms with Crippen molar-refractivity contribution in [2.24, 2.45) is 23.3 Å². The lowest BCUT2D eigenvalue weighted by Crippen LogP contribution is -2.36. The molecule has 0 radical (unpaired) electrons. The second kappa shape index (κ2) is 8.90. The first-order valence-electron chi connectivity index (χ1n) is 7.01. The van der Waals surface area contributed by atoms with Crippen LogP contribution in [-0.4, -0.2) is 24.8 Å². The van der Waals surface area contributed by atoms with E-state index in [1.807, 2.05) is 6.92 Å². The standard InChI is InChI=1S/C14H32N2O/c1-6-13(8-7-12(5)15)17-9-11(4)14(16)10(2)3/h10-14H,6-9,15-16H2,1-5H3. The van der Waals surface area contributed by atoms with Gasteiger partial charge in [-0.25, -0.2) is 0 Å². The van der Waals surface area contributed by atoms with Gasteiger partial charge in [-0.15, -0.1) is 0 Å². The van der Waals surface area contributed by atoms with Gasteiger partial charge in [0, 0.05) is 12.1 Å². The molecule has 0 aliphatic heterocycles. The summed E-state index contributed by atoms with van der Waals surface area (Å²) in [7, 11) is 0. The Kier molecular flexibility index (Phi) is 8.83. The van der Waals surface area contributed by atoms with E-state index in [1.54, 1.807) is 0 Å². The predicted octanol–water partition coefficient (Wildman–Crippen LogP) is 2.53. The Hall–Kier alpha value is -0.120. The summed E-state index contributed by atoms with van der Waals surface area (Å²) in [6, 6.07) is 0.490. The van der Waals surface area contributed by atoms with E-state index in [9.17, 15) is 0 Å². The molecule has 0 spiro atoms. The van der Waals surface area contributed by atoms with Crippen LogP contribution in [0.2, 0.25) is 0 Å². The van der Waals surface area contributed by atoms with E-state index < -0.39 is 0 Å². The largest absolute Gasteiger partial charge is 0.378 e. The third kappa shape index (κ3) is 7.74. The minimum Gasteiger partial charge on any atom is -0.378 e. The van der Waals surface area contributed by atoms with Crippen LogP contribution in [0.1, 0.15) is 53.9 Å². The molecule has 0 amide bonds. The Bertz CT molecular complexity index is 183. The number of hydrogen-bond acceptors (Lipinski definition) is 3. The number of hydrogen-bond donors (Lipinski definition) is 2. The topological polar surface area (TPSA) is 61.3 Å². The molecule has 0 rings (SSSR count). The van der Waals surface area contributed by atoms with Crippen LogP contribution in [-0.2, 0) is 4.74 Å². The number of nitrogens with two attached hydrogens (primary N) is 2. The zero-order chi connectivity index (χ0) is 13.4. The average Bonchev–Trinajstić information content (AvgIpc) is 2.27. The smallest absolute Gasteiger partial charge is 0.0573 e. The van der Waals surface area contributed by atoms with Gasteiger partial charge in [-0.1, -0.05) is 27.7 Å². The second-order valence-corrected chi connectivity index (χ2v) is 5.72. The monoisotopic (exact) mass is 244 g/mol. The van der Waals surface area contributed by atoms with Crippen LogP contribution in [0.15, 0.2) is 0 Å². The molecule has 104 valence electrons. The molecule has 0 aliphatic rings. The summed E-state index contributed by atoms with van der Waals surface area (Å²) in [5.41, 5.74) is 11.9. The summed E-state index contributed by atoms with van der Waals surface area (Å²) >= 11 is 0. The molecular weight excluding hydrogens is 212 g/mol. The summed E-state index contributed by atoms with van der Waals surface area (Å²) in [4.78, 5) is 0. The highest BCUT2D eigenvalue weighted by atomic mass is 16.5. The summed E-state index contributed by atoms with van der Waals surface area (Å²) in [5.74, 6) is 0.928. The van der Waals surface area contributed by atoms with Crippen LogP contribution in [0.25, 0.3) is 0 Å². The summed E-state index contributed by atoms with van der Waals surface area (Å²) in [5, 5.41) is 0. The van der Waals surface area contributed by atoms with Crippen molar-refractivity contribution in [3.8, 4) is 0 Å². The first-order chi connectivity index (χ1) is 7.88. The lowest BCUT2D eigenvalue weighted by molar-refractivity contribution is 0.0156. The Labute approximate surface area is 107 Å². The van der Waals surface area contributed by atoms with E-state index in [-0.39, 0.29) is 12.1 Å². The molecule has 0 aromatic rings. The molecule has 0 aromatic carbocycles. The lowest BCUT2D eigenvalue weighted by Gasteiger charge is -2.26. The van der Waals surface area contributed by atoms with Gasteiger partial charge in [-0.05, 0) is 38.0 Å². The van der Waals surface area contributed by atoms with Crippen LogP contribution >= 0.6 is 0 Å². The summed E-state index contributed by atoms with van der Waals surface area (Å²) in [6.07, 6.45) is 3.47. The quantitative estimate of drug-likeness (QED) is 0.655. The van der Waals surface area contributed by atoms with Crippen molar-refractivity contribution in [2.75, 3.05) is 6.61 Å². The van der Waals surface area contributed by atoms with E-state index in [2.05, 4.69) is 27.7 Å². The van der Waals surface area contributed by atoms with Crippen molar-refractivity contribution in [3.05, 3.63) is 0 Å². The molecule has 0 heterocycles. The SMILES string of the molecule is CCC(CCC(C)N)OCC(C)C(N)C(C)C. The van der Waals surface area contributed by atoms with Crippen LogP contribution in [0.4, 0.5) is 0 Å². The predicted molar refractivity (Wildman–Crippen MR) is 74.9 cm³/mol. The van der Waals surface area contributed by atoms with E-state index in [0.29, 0.717) is 17.9 Å². The van der Waals surface area contributed by atoms with E-state index >= 15 is 0 Å². The summed E-state index contributed by atoms with van der Waals surface area (Å²) < 4.78 is 5.94. The maximum absolute atomic E-state index is 6.11.